The summed E-state index contributed by atoms with van der Waals surface area (Å²) in [5.41, 5.74) is 1.68. The van der Waals surface area contributed by atoms with Crippen LogP contribution in [0.15, 0.2) is 36.5 Å². The number of aromatic nitrogens is 1. The van der Waals surface area contributed by atoms with Crippen LogP contribution in [0.2, 0.25) is 0 Å². The van der Waals surface area contributed by atoms with Gasteiger partial charge in [0.1, 0.15) is 0 Å². The number of ether oxygens (including phenoxy) is 1. The molecule has 2 saturated heterocycles. The number of Topliss-reactive ketones (excluding diaryl/α,β-unsaturated/α-hetero) is 1. The summed E-state index contributed by atoms with van der Waals surface area (Å²) >= 11 is 0. The van der Waals surface area contributed by atoms with Gasteiger partial charge in [-0.05, 0) is 32.0 Å². The zero-order valence-corrected chi connectivity index (χ0v) is 12.7. The van der Waals surface area contributed by atoms with Gasteiger partial charge in [0.05, 0.1) is 18.7 Å². The molecule has 0 saturated carbocycles. The number of carbonyl (C=O) groups excluding carboxylic acids is 1. The van der Waals surface area contributed by atoms with Crippen LogP contribution in [0, 0.1) is 5.92 Å². The minimum absolute atomic E-state index is 0.0954. The lowest BCUT2D eigenvalue weighted by atomic mass is 9.81. The third-order valence-electron chi connectivity index (χ3n) is 5.13. The summed E-state index contributed by atoms with van der Waals surface area (Å²) in [7, 11) is 2.15. The van der Waals surface area contributed by atoms with E-state index in [4.69, 9.17) is 4.74 Å². The minimum Gasteiger partial charge on any atom is -0.378 e. The van der Waals surface area contributed by atoms with Gasteiger partial charge in [0.2, 0.25) is 0 Å². The van der Waals surface area contributed by atoms with Crippen molar-refractivity contribution in [1.29, 1.82) is 0 Å². The summed E-state index contributed by atoms with van der Waals surface area (Å²) in [6.07, 6.45) is 3.51. The second-order valence-electron chi connectivity index (χ2n) is 6.46. The van der Waals surface area contributed by atoms with Gasteiger partial charge in [0.25, 0.3) is 0 Å². The van der Waals surface area contributed by atoms with Gasteiger partial charge in [0, 0.05) is 35.1 Å². The zero-order valence-electron chi connectivity index (χ0n) is 12.7. The molecule has 2 atom stereocenters. The summed E-state index contributed by atoms with van der Waals surface area (Å²) in [6, 6.07) is 10.7. The Morgan fingerprint density at radius 2 is 1.95 bits per heavy atom. The second kappa shape index (κ2) is 5.45. The van der Waals surface area contributed by atoms with Crippen molar-refractivity contribution in [2.45, 2.75) is 24.9 Å². The number of carbonyl (C=O) groups is 1. The van der Waals surface area contributed by atoms with E-state index in [0.717, 1.165) is 42.5 Å². The number of fused-ring (bicyclic) bond motifs is 3. The molecule has 114 valence electrons. The Kier molecular flexibility index (Phi) is 3.43. The number of likely N-dealkylation sites (N-methyl/N-ethyl adjacent to an activating group) is 1. The van der Waals surface area contributed by atoms with Crippen molar-refractivity contribution in [3.63, 3.8) is 0 Å². The molecule has 0 spiro atoms. The van der Waals surface area contributed by atoms with E-state index in [-0.39, 0.29) is 11.7 Å². The number of pyridine rings is 1. The summed E-state index contributed by atoms with van der Waals surface area (Å²) in [4.78, 5) is 19.7. The smallest absolute Gasteiger partial charge is 0.167 e. The molecule has 2 fully saturated rings. The molecule has 0 amide bonds. The quantitative estimate of drug-likeness (QED) is 0.799. The van der Waals surface area contributed by atoms with Gasteiger partial charge in [-0.1, -0.05) is 18.2 Å². The van der Waals surface area contributed by atoms with E-state index in [0.29, 0.717) is 12.1 Å². The number of para-hydroxylation sites is 1. The summed E-state index contributed by atoms with van der Waals surface area (Å²) in [5, 5.41) is 1.03. The van der Waals surface area contributed by atoms with Gasteiger partial charge < -0.3 is 4.74 Å². The zero-order chi connectivity index (χ0) is 15.1. The lowest BCUT2D eigenvalue weighted by Gasteiger charge is -2.46. The van der Waals surface area contributed by atoms with Gasteiger partial charge in [-0.25, -0.2) is 0 Å². The molecule has 1 aromatic heterocycles. The van der Waals surface area contributed by atoms with Crippen molar-refractivity contribution in [1.82, 2.24) is 9.88 Å². The molecule has 2 unspecified atom stereocenters. The Balaban J connectivity index is 1.60. The summed E-state index contributed by atoms with van der Waals surface area (Å²) in [5.74, 6) is 0.335. The number of rotatable bonds is 2. The van der Waals surface area contributed by atoms with Crippen molar-refractivity contribution in [3.8, 4) is 0 Å². The van der Waals surface area contributed by atoms with Crippen LogP contribution >= 0.6 is 0 Å². The molecule has 2 bridgehead atoms. The maximum Gasteiger partial charge on any atom is 0.167 e. The van der Waals surface area contributed by atoms with E-state index < -0.39 is 0 Å². The van der Waals surface area contributed by atoms with Gasteiger partial charge in [-0.2, -0.15) is 0 Å². The first-order chi connectivity index (χ1) is 10.7. The van der Waals surface area contributed by atoms with Gasteiger partial charge in [-0.15, -0.1) is 0 Å². The van der Waals surface area contributed by atoms with Crippen LogP contribution in [0.5, 0.6) is 0 Å². The highest BCUT2D eigenvalue weighted by molar-refractivity contribution is 6.00. The van der Waals surface area contributed by atoms with Crippen molar-refractivity contribution in [3.05, 3.63) is 42.1 Å². The standard InChI is InChI=1S/C18H20N2O2/c1-20-15-7-13(8-16(20)11-22-10-15)18(21)14-6-12-4-2-3-5-17(12)19-9-14/h2-6,9,13,15-16H,7-8,10-11H2,1H3. The fraction of sp³-hybridized carbons (Fsp3) is 0.444. The predicted molar refractivity (Wildman–Crippen MR) is 85.0 cm³/mol. The van der Waals surface area contributed by atoms with E-state index >= 15 is 0 Å². The fourth-order valence-electron chi connectivity index (χ4n) is 3.75. The number of nitrogens with zero attached hydrogens (tertiary/aromatic N) is 2. The van der Waals surface area contributed by atoms with E-state index in [1.165, 1.54) is 0 Å². The van der Waals surface area contributed by atoms with Gasteiger partial charge >= 0.3 is 0 Å². The molecule has 4 nitrogen and oxygen atoms in total. The monoisotopic (exact) mass is 296 g/mol. The van der Waals surface area contributed by atoms with Gasteiger partial charge in [0.15, 0.2) is 5.78 Å². The van der Waals surface area contributed by atoms with Crippen molar-refractivity contribution < 1.29 is 9.53 Å². The summed E-state index contributed by atoms with van der Waals surface area (Å²) < 4.78 is 5.63. The molecule has 0 radical (unpaired) electrons. The average Bonchev–Trinajstić information content (AvgIpc) is 2.53. The molecular formula is C18H20N2O2. The third kappa shape index (κ3) is 2.32. The van der Waals surface area contributed by atoms with Crippen LogP contribution in [-0.4, -0.2) is 48.0 Å². The number of ketones is 1. The molecule has 2 aromatic rings. The minimum atomic E-state index is 0.0954. The second-order valence-corrected chi connectivity index (χ2v) is 6.46. The highest BCUT2D eigenvalue weighted by Crippen LogP contribution is 2.32. The molecule has 0 aliphatic carbocycles. The first-order valence-corrected chi connectivity index (χ1v) is 7.91. The lowest BCUT2D eigenvalue weighted by molar-refractivity contribution is -0.0702. The van der Waals surface area contributed by atoms with Gasteiger partial charge in [-0.3, -0.25) is 14.7 Å². The largest absolute Gasteiger partial charge is 0.378 e. The SMILES string of the molecule is CN1C2COCC1CC(C(=O)c1cnc3ccccc3c1)C2. The Morgan fingerprint density at radius 3 is 2.73 bits per heavy atom. The number of piperidine rings is 1. The lowest BCUT2D eigenvalue weighted by Crippen LogP contribution is -2.55. The Morgan fingerprint density at radius 1 is 1.23 bits per heavy atom. The molecular weight excluding hydrogens is 276 g/mol. The maximum atomic E-state index is 12.9. The first-order valence-electron chi connectivity index (χ1n) is 7.91. The molecule has 2 aliphatic rings. The Labute approximate surface area is 130 Å². The number of benzene rings is 1. The Bertz CT molecular complexity index is 701. The van der Waals surface area contributed by atoms with Crippen LogP contribution in [0.1, 0.15) is 23.2 Å². The third-order valence-corrected chi connectivity index (χ3v) is 5.13. The summed E-state index contributed by atoms with van der Waals surface area (Å²) in [6.45, 7) is 1.49. The number of hydrogen-bond acceptors (Lipinski definition) is 4. The van der Waals surface area contributed by atoms with E-state index in [1.54, 1.807) is 6.20 Å². The Hall–Kier alpha value is -1.78. The first kappa shape index (κ1) is 13.9. The van der Waals surface area contributed by atoms with Crippen LogP contribution in [0.3, 0.4) is 0 Å². The van der Waals surface area contributed by atoms with Crippen molar-refractivity contribution in [2.75, 3.05) is 20.3 Å². The molecule has 0 N–H and O–H groups in total. The molecule has 1 aromatic carbocycles. The predicted octanol–water partition coefficient (Wildman–Crippen LogP) is 2.53. The molecule has 3 heterocycles. The average molecular weight is 296 g/mol. The topological polar surface area (TPSA) is 42.4 Å². The highest BCUT2D eigenvalue weighted by Gasteiger charge is 2.39. The highest BCUT2D eigenvalue weighted by atomic mass is 16.5. The van der Waals surface area contributed by atoms with Crippen LogP contribution in [0.25, 0.3) is 10.9 Å². The molecule has 4 rings (SSSR count). The van der Waals surface area contributed by atoms with Crippen molar-refractivity contribution >= 4 is 16.7 Å². The van der Waals surface area contributed by atoms with E-state index in [2.05, 4.69) is 16.9 Å². The molecule has 22 heavy (non-hydrogen) atoms. The van der Waals surface area contributed by atoms with Crippen LogP contribution in [-0.2, 0) is 4.74 Å². The van der Waals surface area contributed by atoms with Crippen LogP contribution in [0.4, 0.5) is 0 Å². The van der Waals surface area contributed by atoms with E-state index in [1.807, 2.05) is 30.3 Å². The van der Waals surface area contributed by atoms with E-state index in [9.17, 15) is 4.79 Å². The molecule has 2 aliphatic heterocycles. The normalized spacial score (nSPS) is 28.7. The number of morpholine rings is 1. The molecule has 4 heteroatoms. The van der Waals surface area contributed by atoms with Crippen molar-refractivity contribution in [2.24, 2.45) is 5.92 Å². The number of hydrogen-bond donors (Lipinski definition) is 0. The van der Waals surface area contributed by atoms with Crippen LogP contribution < -0.4 is 0 Å². The fourth-order valence-corrected chi connectivity index (χ4v) is 3.75. The maximum absolute atomic E-state index is 12.9.